The lowest BCUT2D eigenvalue weighted by molar-refractivity contribution is 0.544. The third-order valence-electron chi connectivity index (χ3n) is 2.76. The first-order chi connectivity index (χ1) is 9.31. The number of para-hydroxylation sites is 1. The summed E-state index contributed by atoms with van der Waals surface area (Å²) in [4.78, 5) is 0. The van der Waals surface area contributed by atoms with Crippen LogP contribution in [-0.2, 0) is 6.54 Å². The smallest absolute Gasteiger partial charge is 0.170 e. The van der Waals surface area contributed by atoms with Crippen molar-refractivity contribution < 1.29 is 0 Å². The molecule has 102 valence electrons. The van der Waals surface area contributed by atoms with Crippen molar-refractivity contribution in [2.24, 2.45) is 5.92 Å². The predicted molar refractivity (Wildman–Crippen MR) is 78.4 cm³/mol. The Morgan fingerprint density at radius 2 is 2.11 bits per heavy atom. The van der Waals surface area contributed by atoms with Gasteiger partial charge in [-0.15, -0.1) is 5.10 Å². The van der Waals surface area contributed by atoms with Gasteiger partial charge in [0.15, 0.2) is 5.82 Å². The lowest BCUT2D eigenvalue weighted by atomic mass is 10.2. The van der Waals surface area contributed by atoms with Gasteiger partial charge in [0.25, 0.3) is 0 Å². The first kappa shape index (κ1) is 14.0. The number of hydrogen-bond acceptors (Lipinski definition) is 5. The summed E-state index contributed by atoms with van der Waals surface area (Å²) in [6.45, 7) is 3.90. The molecule has 1 N–H and O–H groups in total. The Kier molecular flexibility index (Phi) is 5.35. The van der Waals surface area contributed by atoms with E-state index in [4.69, 9.17) is 0 Å². The van der Waals surface area contributed by atoms with Crippen LogP contribution >= 0.6 is 11.8 Å². The van der Waals surface area contributed by atoms with Crippen LogP contribution in [0.3, 0.4) is 0 Å². The van der Waals surface area contributed by atoms with E-state index in [1.165, 1.54) is 0 Å². The molecule has 0 aliphatic heterocycles. The number of benzene rings is 1. The zero-order valence-corrected chi connectivity index (χ0v) is 12.1. The number of nitrogens with zero attached hydrogens (tertiary/aromatic N) is 4. The van der Waals surface area contributed by atoms with Crippen LogP contribution in [0.1, 0.15) is 12.7 Å². The molecule has 1 heterocycles. The second kappa shape index (κ2) is 7.25. The molecule has 0 aliphatic carbocycles. The molecule has 0 radical (unpaired) electrons. The number of aromatic nitrogens is 4. The number of nitrogens with one attached hydrogen (secondary N) is 1. The van der Waals surface area contributed by atoms with Gasteiger partial charge in [-0.1, -0.05) is 25.1 Å². The third kappa shape index (κ3) is 4.04. The van der Waals surface area contributed by atoms with Gasteiger partial charge in [0.1, 0.15) is 0 Å². The van der Waals surface area contributed by atoms with E-state index < -0.39 is 0 Å². The minimum Gasteiger partial charge on any atom is -0.309 e. The van der Waals surface area contributed by atoms with Crippen LogP contribution < -0.4 is 5.32 Å². The van der Waals surface area contributed by atoms with Crippen molar-refractivity contribution in [1.82, 2.24) is 25.5 Å². The maximum atomic E-state index is 4.07. The van der Waals surface area contributed by atoms with Crippen molar-refractivity contribution in [3.05, 3.63) is 36.2 Å². The van der Waals surface area contributed by atoms with Crippen molar-refractivity contribution in [2.75, 3.05) is 18.6 Å². The quantitative estimate of drug-likeness (QED) is 0.835. The highest BCUT2D eigenvalue weighted by Gasteiger charge is 2.08. The topological polar surface area (TPSA) is 55.6 Å². The normalized spacial score (nSPS) is 12.5. The van der Waals surface area contributed by atoms with Gasteiger partial charge < -0.3 is 5.32 Å². The molecule has 2 rings (SSSR count). The largest absolute Gasteiger partial charge is 0.309 e. The fourth-order valence-corrected chi connectivity index (χ4v) is 2.55. The molecule has 1 atom stereocenters. The van der Waals surface area contributed by atoms with E-state index >= 15 is 0 Å². The second-order valence-corrected chi connectivity index (χ2v) is 5.44. The van der Waals surface area contributed by atoms with Gasteiger partial charge >= 0.3 is 0 Å². The summed E-state index contributed by atoms with van der Waals surface area (Å²) >= 11 is 1.87. The summed E-state index contributed by atoms with van der Waals surface area (Å²) < 4.78 is 1.77. The summed E-state index contributed by atoms with van der Waals surface area (Å²) in [6, 6.07) is 9.94. The van der Waals surface area contributed by atoms with E-state index in [9.17, 15) is 0 Å². The molecule has 1 unspecified atom stereocenters. The molecular weight excluding hydrogens is 258 g/mol. The Hall–Kier alpha value is -1.40. The monoisotopic (exact) mass is 277 g/mol. The van der Waals surface area contributed by atoms with Crippen LogP contribution in [0.2, 0.25) is 0 Å². The number of hydrogen-bond donors (Lipinski definition) is 1. The van der Waals surface area contributed by atoms with Crippen molar-refractivity contribution >= 4 is 11.8 Å². The van der Waals surface area contributed by atoms with Crippen molar-refractivity contribution in [3.63, 3.8) is 0 Å². The summed E-state index contributed by atoms with van der Waals surface area (Å²) in [6.07, 6.45) is 2.13. The maximum absolute atomic E-state index is 4.07. The molecule has 0 aliphatic rings. The molecule has 1 aromatic carbocycles. The van der Waals surface area contributed by atoms with E-state index in [0.717, 1.165) is 23.8 Å². The number of rotatable bonds is 7. The molecule has 0 saturated carbocycles. The summed E-state index contributed by atoms with van der Waals surface area (Å²) in [5.41, 5.74) is 0.987. The molecule has 0 fully saturated rings. The lowest BCUT2D eigenvalue weighted by Crippen LogP contribution is -2.23. The molecule has 0 spiro atoms. The molecule has 0 bridgehead atoms. The Morgan fingerprint density at radius 3 is 2.84 bits per heavy atom. The number of tetrazole rings is 1. The SMILES string of the molecule is CSCC(C)CNCc1nnnn1-c1ccccc1. The van der Waals surface area contributed by atoms with E-state index in [0.29, 0.717) is 12.5 Å². The highest BCUT2D eigenvalue weighted by atomic mass is 32.2. The maximum Gasteiger partial charge on any atom is 0.170 e. The first-order valence-corrected chi connectivity index (χ1v) is 7.73. The summed E-state index contributed by atoms with van der Waals surface area (Å²) in [7, 11) is 0. The Morgan fingerprint density at radius 1 is 1.32 bits per heavy atom. The Labute approximate surface area is 117 Å². The van der Waals surface area contributed by atoms with Gasteiger partial charge in [-0.2, -0.15) is 16.4 Å². The fraction of sp³-hybridized carbons (Fsp3) is 0.462. The van der Waals surface area contributed by atoms with Gasteiger partial charge in [-0.25, -0.2) is 0 Å². The van der Waals surface area contributed by atoms with E-state index in [2.05, 4.69) is 34.0 Å². The minimum atomic E-state index is 0.649. The Balaban J connectivity index is 1.94. The summed E-state index contributed by atoms with van der Waals surface area (Å²) in [5, 5.41) is 15.3. The van der Waals surface area contributed by atoms with E-state index in [1.807, 2.05) is 42.1 Å². The molecule has 19 heavy (non-hydrogen) atoms. The highest BCUT2D eigenvalue weighted by Crippen LogP contribution is 2.07. The molecular formula is C13H19N5S. The van der Waals surface area contributed by atoms with Crippen LogP contribution in [0.25, 0.3) is 5.69 Å². The average molecular weight is 277 g/mol. The van der Waals surface area contributed by atoms with Crippen molar-refractivity contribution in [1.29, 1.82) is 0 Å². The van der Waals surface area contributed by atoms with Crippen LogP contribution in [0.4, 0.5) is 0 Å². The highest BCUT2D eigenvalue weighted by molar-refractivity contribution is 7.98. The van der Waals surface area contributed by atoms with Crippen LogP contribution in [-0.4, -0.2) is 38.8 Å². The van der Waals surface area contributed by atoms with Gasteiger partial charge in [0, 0.05) is 0 Å². The van der Waals surface area contributed by atoms with Gasteiger partial charge in [0.2, 0.25) is 0 Å². The van der Waals surface area contributed by atoms with Crippen molar-refractivity contribution in [2.45, 2.75) is 13.5 Å². The predicted octanol–water partition coefficient (Wildman–Crippen LogP) is 1.75. The average Bonchev–Trinajstić information content (AvgIpc) is 2.88. The first-order valence-electron chi connectivity index (χ1n) is 6.33. The van der Waals surface area contributed by atoms with Crippen molar-refractivity contribution in [3.8, 4) is 5.69 Å². The summed E-state index contributed by atoms with van der Waals surface area (Å²) in [5.74, 6) is 2.65. The fourth-order valence-electron chi connectivity index (χ4n) is 1.86. The second-order valence-electron chi connectivity index (χ2n) is 4.53. The van der Waals surface area contributed by atoms with E-state index in [1.54, 1.807) is 4.68 Å². The van der Waals surface area contributed by atoms with Gasteiger partial charge in [0.05, 0.1) is 12.2 Å². The molecule has 5 nitrogen and oxygen atoms in total. The zero-order valence-electron chi connectivity index (χ0n) is 11.3. The zero-order chi connectivity index (χ0) is 13.5. The van der Waals surface area contributed by atoms with Gasteiger partial charge in [-0.3, -0.25) is 0 Å². The standard InChI is InChI=1S/C13H19N5S/c1-11(10-19-2)8-14-9-13-15-16-17-18(13)12-6-4-3-5-7-12/h3-7,11,14H,8-10H2,1-2H3. The Bertz CT molecular complexity index is 485. The molecule has 2 aromatic rings. The number of thioether (sulfide) groups is 1. The minimum absolute atomic E-state index is 0.649. The molecule has 0 amide bonds. The van der Waals surface area contributed by atoms with Crippen LogP contribution in [0.5, 0.6) is 0 Å². The van der Waals surface area contributed by atoms with Crippen LogP contribution in [0, 0.1) is 5.92 Å². The lowest BCUT2D eigenvalue weighted by Gasteiger charge is -2.10. The van der Waals surface area contributed by atoms with E-state index in [-0.39, 0.29) is 0 Å². The molecule has 6 heteroatoms. The third-order valence-corrected chi connectivity index (χ3v) is 3.66. The molecule has 1 aromatic heterocycles. The molecule has 0 saturated heterocycles. The van der Waals surface area contributed by atoms with Gasteiger partial charge in [-0.05, 0) is 47.0 Å². The van der Waals surface area contributed by atoms with Crippen LogP contribution in [0.15, 0.2) is 30.3 Å².